The molecule has 0 aromatic heterocycles. The summed E-state index contributed by atoms with van der Waals surface area (Å²) in [5, 5.41) is 11.7. The predicted octanol–water partition coefficient (Wildman–Crippen LogP) is 5.00. The lowest BCUT2D eigenvalue weighted by molar-refractivity contribution is -0.387. The third-order valence-corrected chi connectivity index (χ3v) is 6.86. The number of benzene rings is 3. The van der Waals surface area contributed by atoms with Gasteiger partial charge in [-0.05, 0) is 48.0 Å². The molecule has 0 bridgehead atoms. The number of carbonyl (C=O) groups excluding carboxylic acids is 1. The van der Waals surface area contributed by atoms with E-state index in [1.54, 1.807) is 42.3 Å². The number of methoxy groups -OCH3 is 1. The van der Waals surface area contributed by atoms with Crippen LogP contribution in [0.4, 0.5) is 15.8 Å². The Morgan fingerprint density at radius 1 is 1.06 bits per heavy atom. The first-order valence-corrected chi connectivity index (χ1v) is 11.8. The van der Waals surface area contributed by atoms with Crippen molar-refractivity contribution in [1.82, 2.24) is 4.90 Å². The summed E-state index contributed by atoms with van der Waals surface area (Å²) in [6, 6.07) is 18.6. The molecule has 4 rings (SSSR count). The van der Waals surface area contributed by atoms with Gasteiger partial charge in [-0.25, -0.2) is 4.39 Å². The first-order valence-electron chi connectivity index (χ1n) is 10.8. The minimum atomic E-state index is -0.498. The maximum Gasteiger partial charge on any atom is 0.283 e. The second-order valence-electron chi connectivity index (χ2n) is 7.80. The summed E-state index contributed by atoms with van der Waals surface area (Å²) in [5.41, 5.74) is 1.65. The van der Waals surface area contributed by atoms with E-state index >= 15 is 0 Å². The van der Waals surface area contributed by atoms with Crippen LogP contribution in [0.3, 0.4) is 0 Å². The molecule has 0 radical (unpaired) electrons. The highest BCUT2D eigenvalue weighted by molar-refractivity contribution is 7.98. The standard InChI is InChI=1S/C25H24FN3O4S/c1-33-21-9-7-20(8-10-21)27-12-14-28(15-13-27)25(30)18-6-11-24(23(16-18)29(31)32)34-17-19-4-2-3-5-22(19)26/h2-11,16H,12-15,17H2,1H3. The molecule has 0 saturated carbocycles. The fourth-order valence-corrected chi connectivity index (χ4v) is 4.82. The molecule has 0 spiro atoms. The number of halogens is 1. The zero-order chi connectivity index (χ0) is 24.1. The van der Waals surface area contributed by atoms with E-state index in [2.05, 4.69) is 4.90 Å². The first-order chi connectivity index (χ1) is 16.5. The zero-order valence-corrected chi connectivity index (χ0v) is 19.5. The Labute approximate surface area is 201 Å². The van der Waals surface area contributed by atoms with Crippen molar-refractivity contribution in [2.75, 3.05) is 38.2 Å². The fraction of sp³-hybridized carbons (Fsp3) is 0.240. The van der Waals surface area contributed by atoms with Gasteiger partial charge >= 0.3 is 0 Å². The van der Waals surface area contributed by atoms with Crippen LogP contribution >= 0.6 is 11.8 Å². The fourth-order valence-electron chi connectivity index (χ4n) is 3.83. The minimum Gasteiger partial charge on any atom is -0.497 e. The van der Waals surface area contributed by atoms with Crippen molar-refractivity contribution in [3.63, 3.8) is 0 Å². The number of thioether (sulfide) groups is 1. The molecule has 1 fully saturated rings. The molecule has 3 aromatic rings. The average Bonchev–Trinajstić information content (AvgIpc) is 2.88. The lowest BCUT2D eigenvalue weighted by Crippen LogP contribution is -2.48. The third kappa shape index (κ3) is 5.31. The number of nitro benzene ring substituents is 1. The molecule has 0 aliphatic carbocycles. The monoisotopic (exact) mass is 481 g/mol. The molecule has 1 saturated heterocycles. The van der Waals surface area contributed by atoms with Crippen LogP contribution in [0.2, 0.25) is 0 Å². The van der Waals surface area contributed by atoms with Gasteiger partial charge in [0.2, 0.25) is 0 Å². The van der Waals surface area contributed by atoms with Gasteiger partial charge < -0.3 is 14.5 Å². The number of amides is 1. The van der Waals surface area contributed by atoms with Gasteiger partial charge in [-0.3, -0.25) is 14.9 Å². The summed E-state index contributed by atoms with van der Waals surface area (Å²) in [6.45, 7) is 2.36. The number of hydrogen-bond donors (Lipinski definition) is 0. The number of ether oxygens (including phenoxy) is 1. The third-order valence-electron chi connectivity index (χ3n) is 5.75. The Hall–Kier alpha value is -3.59. The molecular weight excluding hydrogens is 457 g/mol. The molecule has 0 atom stereocenters. The van der Waals surface area contributed by atoms with Gasteiger partial charge in [0, 0.05) is 49.2 Å². The highest BCUT2D eigenvalue weighted by Crippen LogP contribution is 2.33. The number of nitro groups is 1. The van der Waals surface area contributed by atoms with Gasteiger partial charge in [0.1, 0.15) is 11.6 Å². The summed E-state index contributed by atoms with van der Waals surface area (Å²) in [7, 11) is 1.62. The highest BCUT2D eigenvalue weighted by atomic mass is 32.2. The molecule has 1 aliphatic heterocycles. The lowest BCUT2D eigenvalue weighted by Gasteiger charge is -2.36. The molecule has 3 aromatic carbocycles. The van der Waals surface area contributed by atoms with Crippen LogP contribution < -0.4 is 9.64 Å². The van der Waals surface area contributed by atoms with Gasteiger partial charge in [-0.15, -0.1) is 11.8 Å². The van der Waals surface area contributed by atoms with E-state index in [4.69, 9.17) is 4.74 Å². The smallest absolute Gasteiger partial charge is 0.283 e. The summed E-state index contributed by atoms with van der Waals surface area (Å²) < 4.78 is 19.1. The molecule has 1 aliphatic rings. The molecule has 1 amide bonds. The Morgan fingerprint density at radius 3 is 2.41 bits per heavy atom. The van der Waals surface area contributed by atoms with Crippen molar-refractivity contribution >= 4 is 29.0 Å². The molecule has 0 N–H and O–H groups in total. The normalized spacial score (nSPS) is 13.6. The van der Waals surface area contributed by atoms with Gasteiger partial charge in [0.25, 0.3) is 11.6 Å². The van der Waals surface area contributed by atoms with E-state index in [0.29, 0.717) is 36.6 Å². The molecular formula is C25H24FN3O4S. The second kappa shape index (κ2) is 10.6. The van der Waals surface area contributed by atoms with Crippen LogP contribution in [0.1, 0.15) is 15.9 Å². The van der Waals surface area contributed by atoms with Crippen molar-refractivity contribution < 1.29 is 18.8 Å². The second-order valence-corrected chi connectivity index (χ2v) is 8.81. The van der Waals surface area contributed by atoms with E-state index in [1.165, 1.54) is 23.9 Å². The molecule has 9 heteroatoms. The Kier molecular flexibility index (Phi) is 7.32. The van der Waals surface area contributed by atoms with Crippen molar-refractivity contribution in [1.29, 1.82) is 0 Å². The van der Waals surface area contributed by atoms with Crippen LogP contribution in [0.15, 0.2) is 71.6 Å². The highest BCUT2D eigenvalue weighted by Gasteiger charge is 2.25. The van der Waals surface area contributed by atoms with Gasteiger partial charge in [0.15, 0.2) is 0 Å². The molecule has 176 valence electrons. The maximum atomic E-state index is 13.9. The summed E-state index contributed by atoms with van der Waals surface area (Å²) in [4.78, 5) is 28.5. The summed E-state index contributed by atoms with van der Waals surface area (Å²) in [5.74, 6) is 0.463. The lowest BCUT2D eigenvalue weighted by atomic mass is 10.1. The average molecular weight is 482 g/mol. The molecule has 34 heavy (non-hydrogen) atoms. The van der Waals surface area contributed by atoms with Crippen LogP contribution in [-0.4, -0.2) is 49.0 Å². The topological polar surface area (TPSA) is 75.9 Å². The van der Waals surface area contributed by atoms with Crippen molar-refractivity contribution in [3.8, 4) is 5.75 Å². The van der Waals surface area contributed by atoms with E-state index in [-0.39, 0.29) is 28.7 Å². The van der Waals surface area contributed by atoms with Gasteiger partial charge in [0.05, 0.1) is 16.9 Å². The molecule has 7 nitrogen and oxygen atoms in total. The Bertz CT molecular complexity index is 1180. The SMILES string of the molecule is COc1ccc(N2CCN(C(=O)c3ccc(SCc4ccccc4F)c([N+](=O)[O-])c3)CC2)cc1. The predicted molar refractivity (Wildman–Crippen MR) is 130 cm³/mol. The van der Waals surface area contributed by atoms with E-state index in [1.807, 2.05) is 24.3 Å². The van der Waals surface area contributed by atoms with Crippen molar-refractivity contribution in [2.45, 2.75) is 10.6 Å². The number of piperazine rings is 1. The van der Waals surface area contributed by atoms with Crippen LogP contribution in [0.25, 0.3) is 0 Å². The minimum absolute atomic E-state index is 0.149. The molecule has 1 heterocycles. The number of hydrogen-bond acceptors (Lipinski definition) is 6. The zero-order valence-electron chi connectivity index (χ0n) is 18.6. The van der Waals surface area contributed by atoms with E-state index < -0.39 is 4.92 Å². The largest absolute Gasteiger partial charge is 0.497 e. The van der Waals surface area contributed by atoms with Crippen molar-refractivity contribution in [3.05, 3.63) is 93.8 Å². The number of anilines is 1. The van der Waals surface area contributed by atoms with Gasteiger partial charge in [-0.1, -0.05) is 18.2 Å². The van der Waals surface area contributed by atoms with Crippen LogP contribution in [0.5, 0.6) is 5.75 Å². The first kappa shape index (κ1) is 23.6. The van der Waals surface area contributed by atoms with Crippen LogP contribution in [-0.2, 0) is 5.75 Å². The number of nitrogens with zero attached hydrogens (tertiary/aromatic N) is 3. The van der Waals surface area contributed by atoms with Gasteiger partial charge in [-0.2, -0.15) is 0 Å². The quantitative estimate of drug-likeness (QED) is 0.269. The maximum absolute atomic E-state index is 13.9. The Morgan fingerprint density at radius 2 is 1.76 bits per heavy atom. The summed E-state index contributed by atoms with van der Waals surface area (Å²) in [6.07, 6.45) is 0. The number of rotatable bonds is 7. The molecule has 0 unspecified atom stereocenters. The number of carbonyl (C=O) groups is 1. The van der Waals surface area contributed by atoms with Crippen molar-refractivity contribution in [2.24, 2.45) is 0 Å². The summed E-state index contributed by atoms with van der Waals surface area (Å²) >= 11 is 1.18. The van der Waals surface area contributed by atoms with Crippen LogP contribution in [0, 0.1) is 15.9 Å². The van der Waals surface area contributed by atoms with E-state index in [0.717, 1.165) is 11.4 Å². The Balaban J connectivity index is 1.42. The van der Waals surface area contributed by atoms with E-state index in [9.17, 15) is 19.3 Å².